The molecule has 0 bridgehead atoms. The second-order valence-corrected chi connectivity index (χ2v) is 3.10. The SMILES string of the molecule is OC(c1cncnc1)c1ccccc1F. The molecule has 1 atom stereocenters. The Bertz CT molecular complexity index is 447. The van der Waals surface area contributed by atoms with Gasteiger partial charge in [0.2, 0.25) is 0 Å². The smallest absolute Gasteiger partial charge is 0.129 e. The highest BCUT2D eigenvalue weighted by molar-refractivity contribution is 5.27. The first-order valence-electron chi connectivity index (χ1n) is 4.46. The minimum atomic E-state index is -1.02. The maximum Gasteiger partial charge on any atom is 0.129 e. The summed E-state index contributed by atoms with van der Waals surface area (Å²) >= 11 is 0. The van der Waals surface area contributed by atoms with E-state index in [9.17, 15) is 9.50 Å². The lowest BCUT2D eigenvalue weighted by Gasteiger charge is -2.10. The fourth-order valence-electron chi connectivity index (χ4n) is 1.33. The molecule has 1 aromatic heterocycles. The molecule has 15 heavy (non-hydrogen) atoms. The third kappa shape index (κ3) is 1.99. The first-order valence-corrected chi connectivity index (χ1v) is 4.46. The van der Waals surface area contributed by atoms with Crippen molar-refractivity contribution in [2.45, 2.75) is 6.10 Å². The minimum absolute atomic E-state index is 0.229. The van der Waals surface area contributed by atoms with Crippen molar-refractivity contribution in [2.24, 2.45) is 0 Å². The molecule has 0 aliphatic carbocycles. The van der Waals surface area contributed by atoms with Gasteiger partial charge in [0.15, 0.2) is 0 Å². The second kappa shape index (κ2) is 4.14. The van der Waals surface area contributed by atoms with Gasteiger partial charge in [0.25, 0.3) is 0 Å². The van der Waals surface area contributed by atoms with Gasteiger partial charge in [0, 0.05) is 23.5 Å². The second-order valence-electron chi connectivity index (χ2n) is 3.10. The van der Waals surface area contributed by atoms with Crippen LogP contribution in [-0.2, 0) is 0 Å². The molecular weight excluding hydrogens is 195 g/mol. The van der Waals surface area contributed by atoms with Gasteiger partial charge in [0.1, 0.15) is 18.2 Å². The normalized spacial score (nSPS) is 12.4. The Morgan fingerprint density at radius 2 is 1.80 bits per heavy atom. The number of aliphatic hydroxyl groups is 1. The minimum Gasteiger partial charge on any atom is -0.383 e. The van der Waals surface area contributed by atoms with Crippen LogP contribution in [0.3, 0.4) is 0 Å². The van der Waals surface area contributed by atoms with Crippen molar-refractivity contribution in [3.8, 4) is 0 Å². The van der Waals surface area contributed by atoms with Gasteiger partial charge >= 0.3 is 0 Å². The van der Waals surface area contributed by atoms with Gasteiger partial charge in [-0.05, 0) is 6.07 Å². The molecule has 1 aromatic carbocycles. The molecule has 0 fully saturated rings. The van der Waals surface area contributed by atoms with E-state index in [2.05, 4.69) is 9.97 Å². The number of benzene rings is 1. The lowest BCUT2D eigenvalue weighted by molar-refractivity contribution is 0.214. The fraction of sp³-hybridized carbons (Fsp3) is 0.0909. The average Bonchev–Trinajstić information content (AvgIpc) is 2.30. The summed E-state index contributed by atoms with van der Waals surface area (Å²) in [5.74, 6) is -0.436. The van der Waals surface area contributed by atoms with Crippen LogP contribution in [0.2, 0.25) is 0 Å². The molecule has 1 heterocycles. The molecule has 0 amide bonds. The Morgan fingerprint density at radius 1 is 1.13 bits per heavy atom. The molecule has 0 aliphatic rings. The molecule has 3 nitrogen and oxygen atoms in total. The van der Waals surface area contributed by atoms with Gasteiger partial charge in [0.05, 0.1) is 0 Å². The Labute approximate surface area is 86.3 Å². The predicted molar refractivity (Wildman–Crippen MR) is 52.5 cm³/mol. The lowest BCUT2D eigenvalue weighted by atomic mass is 10.0. The largest absolute Gasteiger partial charge is 0.383 e. The summed E-state index contributed by atoms with van der Waals surface area (Å²) in [7, 11) is 0. The highest BCUT2D eigenvalue weighted by Crippen LogP contribution is 2.22. The standard InChI is InChI=1S/C11H9FN2O/c12-10-4-2-1-3-9(10)11(15)8-5-13-7-14-6-8/h1-7,11,15H. The number of hydrogen-bond donors (Lipinski definition) is 1. The first-order chi connectivity index (χ1) is 7.29. The van der Waals surface area contributed by atoms with Gasteiger partial charge in [-0.2, -0.15) is 0 Å². The maximum absolute atomic E-state index is 13.3. The lowest BCUT2D eigenvalue weighted by Crippen LogP contribution is -2.03. The molecule has 0 radical (unpaired) electrons. The summed E-state index contributed by atoms with van der Waals surface area (Å²) in [6.45, 7) is 0. The molecule has 0 saturated carbocycles. The van der Waals surface area contributed by atoms with Crippen molar-refractivity contribution in [1.82, 2.24) is 9.97 Å². The van der Waals surface area contributed by atoms with Crippen LogP contribution in [0.4, 0.5) is 4.39 Å². The van der Waals surface area contributed by atoms with E-state index in [1.807, 2.05) is 0 Å². The van der Waals surface area contributed by atoms with Crippen LogP contribution in [0.5, 0.6) is 0 Å². The van der Waals surface area contributed by atoms with Crippen LogP contribution in [0.25, 0.3) is 0 Å². The maximum atomic E-state index is 13.3. The van der Waals surface area contributed by atoms with Crippen LogP contribution in [0, 0.1) is 5.82 Å². The molecule has 1 N–H and O–H groups in total. The Kier molecular flexibility index (Phi) is 2.69. The monoisotopic (exact) mass is 204 g/mol. The first kappa shape index (κ1) is 9.73. The van der Waals surface area contributed by atoms with Crippen LogP contribution in [0.15, 0.2) is 43.0 Å². The molecular formula is C11H9FN2O. The Hall–Kier alpha value is -1.81. The van der Waals surface area contributed by atoms with Crippen molar-refractivity contribution in [1.29, 1.82) is 0 Å². The van der Waals surface area contributed by atoms with E-state index < -0.39 is 11.9 Å². The number of hydrogen-bond acceptors (Lipinski definition) is 3. The van der Waals surface area contributed by atoms with Gasteiger partial charge in [-0.1, -0.05) is 18.2 Å². The van der Waals surface area contributed by atoms with E-state index in [0.717, 1.165) is 0 Å². The zero-order valence-electron chi connectivity index (χ0n) is 7.84. The summed E-state index contributed by atoms with van der Waals surface area (Å²) in [5.41, 5.74) is 0.704. The van der Waals surface area contributed by atoms with Crippen LogP contribution in [-0.4, -0.2) is 15.1 Å². The van der Waals surface area contributed by atoms with Gasteiger partial charge in [-0.25, -0.2) is 14.4 Å². The summed E-state index contributed by atoms with van der Waals surface area (Å²) in [6, 6.07) is 6.09. The van der Waals surface area contributed by atoms with E-state index in [0.29, 0.717) is 5.56 Å². The van der Waals surface area contributed by atoms with Crippen molar-refractivity contribution < 1.29 is 9.50 Å². The highest BCUT2D eigenvalue weighted by Gasteiger charge is 2.14. The molecule has 1 unspecified atom stereocenters. The predicted octanol–water partition coefficient (Wildman–Crippen LogP) is 1.70. The summed E-state index contributed by atoms with van der Waals surface area (Å²) in [4.78, 5) is 7.53. The van der Waals surface area contributed by atoms with Crippen molar-refractivity contribution in [3.63, 3.8) is 0 Å². The van der Waals surface area contributed by atoms with E-state index >= 15 is 0 Å². The zero-order chi connectivity index (χ0) is 10.7. The number of halogens is 1. The number of nitrogens with zero attached hydrogens (tertiary/aromatic N) is 2. The van der Waals surface area contributed by atoms with E-state index in [1.165, 1.54) is 30.9 Å². The summed E-state index contributed by atoms with van der Waals surface area (Å²) in [5, 5.41) is 9.85. The number of rotatable bonds is 2. The fourth-order valence-corrected chi connectivity index (χ4v) is 1.33. The average molecular weight is 204 g/mol. The summed E-state index contributed by atoms with van der Waals surface area (Å²) < 4.78 is 13.3. The molecule has 0 spiro atoms. The van der Waals surface area contributed by atoms with Crippen molar-refractivity contribution in [3.05, 3.63) is 59.9 Å². The third-order valence-electron chi connectivity index (χ3n) is 2.10. The van der Waals surface area contributed by atoms with E-state index in [-0.39, 0.29) is 5.56 Å². The zero-order valence-corrected chi connectivity index (χ0v) is 7.84. The van der Waals surface area contributed by atoms with Crippen molar-refractivity contribution >= 4 is 0 Å². The molecule has 76 valence electrons. The topological polar surface area (TPSA) is 46.0 Å². The Balaban J connectivity index is 2.37. The molecule has 2 rings (SSSR count). The van der Waals surface area contributed by atoms with Crippen LogP contribution < -0.4 is 0 Å². The van der Waals surface area contributed by atoms with Crippen LogP contribution >= 0.6 is 0 Å². The van der Waals surface area contributed by atoms with E-state index in [1.54, 1.807) is 12.1 Å². The summed E-state index contributed by atoms with van der Waals surface area (Å²) in [6.07, 6.45) is 3.26. The number of aliphatic hydroxyl groups excluding tert-OH is 1. The molecule has 0 saturated heterocycles. The van der Waals surface area contributed by atoms with Crippen LogP contribution in [0.1, 0.15) is 17.2 Å². The van der Waals surface area contributed by atoms with Crippen molar-refractivity contribution in [2.75, 3.05) is 0 Å². The van der Waals surface area contributed by atoms with Gasteiger partial charge in [-0.15, -0.1) is 0 Å². The highest BCUT2D eigenvalue weighted by atomic mass is 19.1. The number of aromatic nitrogens is 2. The quantitative estimate of drug-likeness (QED) is 0.809. The van der Waals surface area contributed by atoms with Gasteiger partial charge < -0.3 is 5.11 Å². The molecule has 0 aliphatic heterocycles. The molecule has 4 heteroatoms. The Morgan fingerprint density at radius 3 is 2.47 bits per heavy atom. The van der Waals surface area contributed by atoms with E-state index in [4.69, 9.17) is 0 Å². The molecule has 2 aromatic rings. The third-order valence-corrected chi connectivity index (χ3v) is 2.10. The van der Waals surface area contributed by atoms with Gasteiger partial charge in [-0.3, -0.25) is 0 Å².